The third-order valence-corrected chi connectivity index (χ3v) is 1.85. The third-order valence-electron chi connectivity index (χ3n) is 1.85. The van der Waals surface area contributed by atoms with E-state index in [1.807, 2.05) is 0 Å². The van der Waals surface area contributed by atoms with Crippen molar-refractivity contribution in [2.75, 3.05) is 5.43 Å². The van der Waals surface area contributed by atoms with Crippen molar-refractivity contribution >= 4 is 5.82 Å². The molecule has 5 nitrogen and oxygen atoms in total. The number of hydrogen-bond acceptors (Lipinski definition) is 5. The number of rotatable bonds is 4. The highest BCUT2D eigenvalue weighted by molar-refractivity contribution is 5.28. The van der Waals surface area contributed by atoms with E-state index < -0.39 is 25.1 Å². The highest BCUT2D eigenvalue weighted by atomic mass is 19.4. The molecular weight excluding hydrogens is 282 g/mol. The van der Waals surface area contributed by atoms with Gasteiger partial charge in [0.05, 0.1) is 24.7 Å². The summed E-state index contributed by atoms with van der Waals surface area (Å²) in [6.45, 7) is -0.985. The molecule has 0 fully saturated rings. The van der Waals surface area contributed by atoms with E-state index >= 15 is 0 Å². The van der Waals surface area contributed by atoms with Crippen LogP contribution in [0.3, 0.4) is 0 Å². The number of nitrogens with one attached hydrogen (secondary N) is 1. The Kier molecular flexibility index (Phi) is 4.52. The molecule has 0 unspecified atom stereocenters. The monoisotopic (exact) mass is 290 g/mol. The Bertz CT molecular complexity index is 389. The minimum absolute atomic E-state index is 0.104. The van der Waals surface area contributed by atoms with Gasteiger partial charge in [-0.3, -0.25) is 4.98 Å². The van der Waals surface area contributed by atoms with Gasteiger partial charge in [-0.15, -0.1) is 0 Å². The van der Waals surface area contributed by atoms with Crippen molar-refractivity contribution in [2.24, 2.45) is 5.84 Å². The predicted octanol–water partition coefficient (Wildman–Crippen LogP) is 1.77. The first-order valence-corrected chi connectivity index (χ1v) is 4.67. The van der Waals surface area contributed by atoms with E-state index in [4.69, 9.17) is 5.84 Å². The zero-order valence-corrected chi connectivity index (χ0v) is 9.09. The Morgan fingerprint density at radius 2 is 1.68 bits per heavy atom. The van der Waals surface area contributed by atoms with Crippen LogP contribution in [0.15, 0.2) is 12.4 Å². The van der Waals surface area contributed by atoms with Crippen LogP contribution in [0.1, 0.15) is 5.69 Å². The second kappa shape index (κ2) is 5.57. The normalized spacial score (nSPS) is 12.8. The lowest BCUT2D eigenvalue weighted by Gasteiger charge is -2.22. The lowest BCUT2D eigenvalue weighted by atomic mass is 10.3. The van der Waals surface area contributed by atoms with Gasteiger partial charge in [0.2, 0.25) is 6.10 Å². The summed E-state index contributed by atoms with van der Waals surface area (Å²) in [5, 5.41) is 0. The summed E-state index contributed by atoms with van der Waals surface area (Å²) >= 11 is 0. The SMILES string of the molecule is NNc1cnc(COC(C(F)(F)F)C(F)(F)F)cn1. The fourth-order valence-electron chi connectivity index (χ4n) is 1.05. The summed E-state index contributed by atoms with van der Waals surface area (Å²) in [6.07, 6.45) is -13.0. The number of nitrogens with zero attached hydrogens (tertiary/aromatic N) is 2. The molecule has 1 rings (SSSR count). The van der Waals surface area contributed by atoms with Crippen molar-refractivity contribution in [1.29, 1.82) is 0 Å². The molecule has 0 aliphatic heterocycles. The fourth-order valence-corrected chi connectivity index (χ4v) is 1.05. The van der Waals surface area contributed by atoms with Crippen LogP contribution < -0.4 is 11.3 Å². The smallest absolute Gasteiger partial charge is 0.354 e. The van der Waals surface area contributed by atoms with Crippen LogP contribution in [0.25, 0.3) is 0 Å². The quantitative estimate of drug-likeness (QED) is 0.502. The number of hydrogen-bond donors (Lipinski definition) is 2. The van der Waals surface area contributed by atoms with E-state index in [9.17, 15) is 26.3 Å². The molecule has 0 aromatic carbocycles. The molecule has 0 saturated heterocycles. The number of nitrogen functional groups attached to an aromatic ring is 1. The van der Waals surface area contributed by atoms with Gasteiger partial charge in [0.15, 0.2) is 5.82 Å². The number of aromatic nitrogens is 2. The number of halogens is 6. The molecular formula is C8H8F6N4O. The minimum atomic E-state index is -5.55. The highest BCUT2D eigenvalue weighted by Gasteiger charge is 2.57. The molecule has 0 aliphatic carbocycles. The topological polar surface area (TPSA) is 73.1 Å². The fraction of sp³-hybridized carbons (Fsp3) is 0.500. The molecule has 0 amide bonds. The first kappa shape index (κ1) is 15.4. The molecule has 3 N–H and O–H groups in total. The van der Waals surface area contributed by atoms with Crippen molar-refractivity contribution in [3.8, 4) is 0 Å². The van der Waals surface area contributed by atoms with Crippen LogP contribution in [0.4, 0.5) is 32.2 Å². The first-order valence-electron chi connectivity index (χ1n) is 4.67. The molecule has 0 bridgehead atoms. The van der Waals surface area contributed by atoms with Crippen molar-refractivity contribution in [1.82, 2.24) is 9.97 Å². The zero-order valence-electron chi connectivity index (χ0n) is 9.09. The molecule has 0 spiro atoms. The van der Waals surface area contributed by atoms with Gasteiger partial charge < -0.3 is 10.2 Å². The van der Waals surface area contributed by atoms with Crippen molar-refractivity contribution in [3.63, 3.8) is 0 Å². The number of ether oxygens (including phenoxy) is 1. The molecule has 1 aromatic rings. The van der Waals surface area contributed by atoms with Crippen LogP contribution in [0, 0.1) is 0 Å². The molecule has 11 heteroatoms. The molecule has 0 radical (unpaired) electrons. The maximum absolute atomic E-state index is 12.1. The van der Waals surface area contributed by atoms with Crippen molar-refractivity contribution in [2.45, 2.75) is 25.1 Å². The highest BCUT2D eigenvalue weighted by Crippen LogP contribution is 2.35. The van der Waals surface area contributed by atoms with Crippen molar-refractivity contribution < 1.29 is 31.1 Å². The molecule has 0 atom stereocenters. The zero-order chi connectivity index (χ0) is 14.7. The Labute approximate surface area is 102 Å². The molecule has 108 valence electrons. The van der Waals surface area contributed by atoms with E-state index in [0.717, 1.165) is 12.4 Å². The second-order valence-electron chi connectivity index (χ2n) is 3.31. The lowest BCUT2D eigenvalue weighted by molar-refractivity contribution is -0.324. The summed E-state index contributed by atoms with van der Waals surface area (Å²) in [6, 6.07) is 0. The summed E-state index contributed by atoms with van der Waals surface area (Å²) in [5.74, 6) is 5.06. The Morgan fingerprint density at radius 1 is 1.11 bits per heavy atom. The van der Waals surface area contributed by atoms with Crippen LogP contribution in [-0.2, 0) is 11.3 Å². The van der Waals surface area contributed by atoms with Crippen LogP contribution in [0.5, 0.6) is 0 Å². The molecule has 0 saturated carbocycles. The largest absolute Gasteiger partial charge is 0.423 e. The number of anilines is 1. The van der Waals surface area contributed by atoms with E-state index in [2.05, 4.69) is 20.1 Å². The minimum Gasteiger partial charge on any atom is -0.354 e. The van der Waals surface area contributed by atoms with Gasteiger partial charge in [-0.2, -0.15) is 26.3 Å². The Morgan fingerprint density at radius 3 is 2.05 bits per heavy atom. The van der Waals surface area contributed by atoms with Crippen LogP contribution in [0.2, 0.25) is 0 Å². The van der Waals surface area contributed by atoms with E-state index in [1.54, 1.807) is 0 Å². The molecule has 19 heavy (non-hydrogen) atoms. The lowest BCUT2D eigenvalue weighted by Crippen LogP contribution is -2.44. The maximum atomic E-state index is 12.1. The van der Waals surface area contributed by atoms with Crippen LogP contribution in [-0.4, -0.2) is 28.4 Å². The van der Waals surface area contributed by atoms with Gasteiger partial charge in [-0.25, -0.2) is 10.8 Å². The standard InChI is InChI=1S/C8H8F6N4O/c9-7(10,11)6(8(12,13)14)19-3-4-1-17-5(18-15)2-16-4/h1-2,6H,3,15H2,(H,17,18). The van der Waals surface area contributed by atoms with Crippen LogP contribution >= 0.6 is 0 Å². The number of nitrogens with two attached hydrogens (primary N) is 1. The van der Waals surface area contributed by atoms with Gasteiger partial charge in [0, 0.05) is 0 Å². The van der Waals surface area contributed by atoms with Gasteiger partial charge >= 0.3 is 12.4 Å². The molecule has 0 aliphatic rings. The van der Waals surface area contributed by atoms with Crippen molar-refractivity contribution in [3.05, 3.63) is 18.1 Å². The second-order valence-corrected chi connectivity index (χ2v) is 3.31. The van der Waals surface area contributed by atoms with Gasteiger partial charge in [0.25, 0.3) is 0 Å². The Hall–Kier alpha value is -1.62. The van der Waals surface area contributed by atoms with Gasteiger partial charge in [-0.1, -0.05) is 0 Å². The number of alkyl halides is 6. The summed E-state index contributed by atoms with van der Waals surface area (Å²) in [5.41, 5.74) is 1.90. The van der Waals surface area contributed by atoms with E-state index in [-0.39, 0.29) is 11.5 Å². The Balaban J connectivity index is 2.71. The summed E-state index contributed by atoms with van der Waals surface area (Å²) in [7, 11) is 0. The average molecular weight is 290 g/mol. The summed E-state index contributed by atoms with van der Waals surface area (Å²) < 4.78 is 76.6. The summed E-state index contributed by atoms with van der Waals surface area (Å²) in [4.78, 5) is 7.08. The van der Waals surface area contributed by atoms with Gasteiger partial charge in [0.1, 0.15) is 0 Å². The third kappa shape index (κ3) is 4.52. The number of hydrazine groups is 1. The van der Waals surface area contributed by atoms with Gasteiger partial charge in [-0.05, 0) is 0 Å². The van der Waals surface area contributed by atoms with E-state index in [0.29, 0.717) is 0 Å². The first-order chi connectivity index (χ1) is 8.64. The molecule has 1 aromatic heterocycles. The predicted molar refractivity (Wildman–Crippen MR) is 50.5 cm³/mol. The molecule has 1 heterocycles. The average Bonchev–Trinajstić information content (AvgIpc) is 2.26. The van der Waals surface area contributed by atoms with E-state index in [1.165, 1.54) is 0 Å². The maximum Gasteiger partial charge on any atom is 0.423 e.